The second-order valence-electron chi connectivity index (χ2n) is 0.183. The van der Waals surface area contributed by atoms with Gasteiger partial charge in [-0.1, -0.05) is 10.8 Å². The van der Waals surface area contributed by atoms with Gasteiger partial charge in [0, 0.05) is 0 Å². The van der Waals surface area contributed by atoms with Crippen molar-refractivity contribution in [2.24, 2.45) is 0 Å². The SMILES string of the molecule is N#C[S-].N#C[S-].O.O.O.O.O.O.[Ni+2]. The van der Waals surface area contributed by atoms with Crippen molar-refractivity contribution in [2.75, 3.05) is 0 Å². The summed E-state index contributed by atoms with van der Waals surface area (Å²) in [6.45, 7) is 0. The third kappa shape index (κ3) is 10200. The van der Waals surface area contributed by atoms with Crippen molar-refractivity contribution >= 4 is 25.3 Å². The number of hydrogen-bond acceptors (Lipinski definition) is 4. The van der Waals surface area contributed by atoms with Gasteiger partial charge in [0.2, 0.25) is 0 Å². The van der Waals surface area contributed by atoms with Crippen molar-refractivity contribution < 1.29 is 49.3 Å². The third-order valence-corrected chi connectivity index (χ3v) is 0. The molecule has 88 valence electrons. The van der Waals surface area contributed by atoms with Crippen LogP contribution in [0.1, 0.15) is 0 Å². The molecule has 0 unspecified atom stereocenters. The van der Waals surface area contributed by atoms with E-state index in [9.17, 15) is 0 Å². The van der Waals surface area contributed by atoms with Crippen molar-refractivity contribution in [3.8, 4) is 10.8 Å². The van der Waals surface area contributed by atoms with E-state index in [1.54, 1.807) is 0 Å². The van der Waals surface area contributed by atoms with Crippen molar-refractivity contribution in [2.45, 2.75) is 0 Å². The molecule has 0 aromatic heterocycles. The van der Waals surface area contributed by atoms with E-state index < -0.39 is 0 Å². The Morgan fingerprint density at radius 3 is 0.615 bits per heavy atom. The second kappa shape index (κ2) is 475. The number of nitrogens with zero attached hydrogens (tertiary/aromatic N) is 2. The molecule has 0 fully saturated rings. The predicted octanol–water partition coefficient (Wildman–Crippen LogP) is -4.92. The minimum Gasteiger partial charge on any atom is -0.696 e. The molecule has 13 heavy (non-hydrogen) atoms. The average Bonchev–Trinajstić information content (AvgIpc) is 1.39. The molecular formula is C2H12N2NiO6S2. The Morgan fingerprint density at radius 2 is 0.615 bits per heavy atom. The Morgan fingerprint density at radius 1 is 0.615 bits per heavy atom. The van der Waals surface area contributed by atoms with Gasteiger partial charge in [-0.2, -0.15) is 0 Å². The van der Waals surface area contributed by atoms with Crippen LogP contribution in [0.5, 0.6) is 0 Å². The van der Waals surface area contributed by atoms with E-state index in [-0.39, 0.29) is 49.3 Å². The summed E-state index contributed by atoms with van der Waals surface area (Å²) in [6.07, 6.45) is 0. The zero-order valence-electron chi connectivity index (χ0n) is 6.03. The molecule has 0 aliphatic carbocycles. The van der Waals surface area contributed by atoms with E-state index in [4.69, 9.17) is 10.5 Å². The van der Waals surface area contributed by atoms with E-state index in [2.05, 4.69) is 25.3 Å². The zero-order valence-corrected chi connectivity index (χ0v) is 8.65. The first-order chi connectivity index (χ1) is 2.83. The quantitative estimate of drug-likeness (QED) is 0.241. The number of thiocyanates is 2. The van der Waals surface area contributed by atoms with E-state index >= 15 is 0 Å². The van der Waals surface area contributed by atoms with Crippen LogP contribution >= 0.6 is 0 Å². The summed E-state index contributed by atoms with van der Waals surface area (Å²) < 4.78 is 0. The maximum Gasteiger partial charge on any atom is 2.00 e. The van der Waals surface area contributed by atoms with Gasteiger partial charge in [0.05, 0.1) is 0 Å². The molecule has 0 bridgehead atoms. The molecule has 0 saturated carbocycles. The standard InChI is InChI=1S/2CHNS.Ni.6H2O/c2*2-1-3;;;;;;;/h2*3H;;6*1H2/q;;+2;;;;;;/p-2. The first kappa shape index (κ1) is 128. The summed E-state index contributed by atoms with van der Waals surface area (Å²) in [5, 5.41) is 16.9. The van der Waals surface area contributed by atoms with Crippen LogP contribution in [0, 0.1) is 21.3 Å². The molecule has 0 rings (SSSR count). The van der Waals surface area contributed by atoms with Crippen LogP contribution in [0.15, 0.2) is 0 Å². The Balaban J connectivity index is -0.00000000229. The van der Waals surface area contributed by atoms with Gasteiger partial charge >= 0.3 is 16.5 Å². The van der Waals surface area contributed by atoms with Crippen LogP contribution < -0.4 is 0 Å². The van der Waals surface area contributed by atoms with Gasteiger partial charge in [-0.25, -0.2) is 10.5 Å². The Bertz CT molecular complexity index is 81.6. The van der Waals surface area contributed by atoms with Gasteiger partial charge in [0.25, 0.3) is 0 Å². The number of nitriles is 2. The molecule has 0 aliphatic heterocycles. The monoisotopic (exact) mass is 282 g/mol. The third-order valence-electron chi connectivity index (χ3n) is 0. The fourth-order valence-electron chi connectivity index (χ4n) is 0. The Labute approximate surface area is 96.1 Å². The van der Waals surface area contributed by atoms with Gasteiger partial charge in [0.1, 0.15) is 0 Å². The maximum atomic E-state index is 7.13. The largest absolute Gasteiger partial charge is 2.00 e. The summed E-state index contributed by atoms with van der Waals surface area (Å²) >= 11 is 7.40. The van der Waals surface area contributed by atoms with Crippen LogP contribution in [-0.2, 0) is 41.7 Å². The predicted molar refractivity (Wildman–Crippen MR) is 47.6 cm³/mol. The zero-order chi connectivity index (χ0) is 5.41. The van der Waals surface area contributed by atoms with E-state index in [0.29, 0.717) is 0 Å². The fraction of sp³-hybridized carbons (Fsp3) is 0. The van der Waals surface area contributed by atoms with Crippen LogP contribution in [0.4, 0.5) is 0 Å². The molecule has 0 amide bonds. The van der Waals surface area contributed by atoms with Gasteiger partial charge < -0.3 is 58.1 Å². The summed E-state index contributed by atoms with van der Waals surface area (Å²) in [4.78, 5) is 0. The molecule has 0 spiro atoms. The summed E-state index contributed by atoms with van der Waals surface area (Å²) in [6, 6.07) is 0. The summed E-state index contributed by atoms with van der Waals surface area (Å²) in [7, 11) is 0. The smallest absolute Gasteiger partial charge is 0.696 e. The van der Waals surface area contributed by atoms with E-state index in [1.165, 1.54) is 10.8 Å². The molecule has 11 heteroatoms. The Hall–Kier alpha value is -0.326. The van der Waals surface area contributed by atoms with E-state index in [0.717, 1.165) is 0 Å². The van der Waals surface area contributed by atoms with Crippen molar-refractivity contribution in [1.82, 2.24) is 0 Å². The molecule has 0 radical (unpaired) electrons. The molecule has 0 aliphatic rings. The minimum atomic E-state index is 0. The van der Waals surface area contributed by atoms with Crippen molar-refractivity contribution in [3.63, 3.8) is 0 Å². The molecule has 0 heterocycles. The van der Waals surface area contributed by atoms with Gasteiger partial charge in [0.15, 0.2) is 0 Å². The van der Waals surface area contributed by atoms with Crippen molar-refractivity contribution in [3.05, 3.63) is 0 Å². The molecule has 8 nitrogen and oxygen atoms in total. The van der Waals surface area contributed by atoms with Gasteiger partial charge in [-0.3, -0.25) is 0 Å². The fourth-order valence-corrected chi connectivity index (χ4v) is 0. The molecule has 0 aromatic carbocycles. The number of hydrogen-bond donors (Lipinski definition) is 0. The summed E-state index contributed by atoms with van der Waals surface area (Å²) in [5.74, 6) is 0. The topological polar surface area (TPSA) is 237 Å². The van der Waals surface area contributed by atoms with Crippen LogP contribution in [0.2, 0.25) is 0 Å². The van der Waals surface area contributed by atoms with Crippen LogP contribution in [0.25, 0.3) is 0 Å². The first-order valence-corrected chi connectivity index (χ1v) is 1.67. The minimum absolute atomic E-state index is 0. The Kier molecular flexibility index (Phi) is 4670. The maximum absolute atomic E-state index is 7.13. The normalized spacial score (nSPS) is 1.08. The molecule has 0 atom stereocenters. The molecule has 0 saturated heterocycles. The second-order valence-corrected chi connectivity index (χ2v) is 0.548. The molecular weight excluding hydrogens is 271 g/mol. The molecule has 0 aromatic rings. The van der Waals surface area contributed by atoms with Crippen LogP contribution in [-0.4, -0.2) is 32.9 Å². The van der Waals surface area contributed by atoms with Crippen molar-refractivity contribution in [1.29, 1.82) is 10.5 Å². The summed E-state index contributed by atoms with van der Waals surface area (Å²) in [5.41, 5.74) is 0. The molecule has 12 N–H and O–H groups in total. The van der Waals surface area contributed by atoms with Gasteiger partial charge in [-0.15, -0.1) is 0 Å². The average molecular weight is 283 g/mol. The number of rotatable bonds is 0. The van der Waals surface area contributed by atoms with E-state index in [1.807, 2.05) is 0 Å². The van der Waals surface area contributed by atoms with Crippen LogP contribution in [0.3, 0.4) is 0 Å². The first-order valence-electron chi connectivity index (χ1n) is 0.855. The van der Waals surface area contributed by atoms with Gasteiger partial charge in [-0.05, 0) is 0 Å².